The first-order valence-electron chi connectivity index (χ1n) is 9.34. The third-order valence-electron chi connectivity index (χ3n) is 5.97. The molecule has 3 rings (SSSR count). The van der Waals surface area contributed by atoms with Crippen molar-refractivity contribution in [3.63, 3.8) is 0 Å². The van der Waals surface area contributed by atoms with Gasteiger partial charge in [-0.1, -0.05) is 6.07 Å². The van der Waals surface area contributed by atoms with E-state index in [1.807, 2.05) is 18.2 Å². The lowest BCUT2D eigenvalue weighted by atomic mass is 9.66. The number of primary amides is 1. The molecule has 2 aliphatic carbocycles. The first kappa shape index (κ1) is 18.5. The molecule has 0 spiro atoms. The summed E-state index contributed by atoms with van der Waals surface area (Å²) in [5.41, 5.74) is 5.73. The van der Waals surface area contributed by atoms with Gasteiger partial charge >= 0.3 is 5.97 Å². The molecule has 6 nitrogen and oxygen atoms in total. The average molecular weight is 361 g/mol. The van der Waals surface area contributed by atoms with Gasteiger partial charge in [0, 0.05) is 0 Å². The fourth-order valence-electron chi connectivity index (χ4n) is 4.29. The van der Waals surface area contributed by atoms with Gasteiger partial charge in [-0.3, -0.25) is 9.59 Å². The number of hydrogen-bond donors (Lipinski definition) is 2. The van der Waals surface area contributed by atoms with E-state index < -0.39 is 23.2 Å². The Bertz CT molecular complexity index is 673. The Balaban J connectivity index is 1.90. The Morgan fingerprint density at radius 2 is 1.77 bits per heavy atom. The largest absolute Gasteiger partial charge is 0.493 e. The minimum absolute atomic E-state index is 0.173. The van der Waals surface area contributed by atoms with Crippen LogP contribution in [0.3, 0.4) is 0 Å². The summed E-state index contributed by atoms with van der Waals surface area (Å²) in [5, 5.41) is 9.24. The molecule has 2 aliphatic rings. The number of carbonyl (C=O) groups excluding carboxylic acids is 1. The molecule has 1 amide bonds. The summed E-state index contributed by atoms with van der Waals surface area (Å²) in [4.78, 5) is 23.6. The number of methoxy groups -OCH3 is 1. The van der Waals surface area contributed by atoms with E-state index in [1.165, 1.54) is 0 Å². The van der Waals surface area contributed by atoms with E-state index >= 15 is 0 Å². The van der Waals surface area contributed by atoms with Crippen LogP contribution in [0.2, 0.25) is 0 Å². The molecule has 0 atom stereocenters. The van der Waals surface area contributed by atoms with Gasteiger partial charge < -0.3 is 20.3 Å². The summed E-state index contributed by atoms with van der Waals surface area (Å²) in [6.07, 6.45) is 6.31. The van der Waals surface area contributed by atoms with E-state index in [0.717, 1.165) is 31.2 Å². The number of amides is 1. The van der Waals surface area contributed by atoms with E-state index in [2.05, 4.69) is 0 Å². The predicted molar refractivity (Wildman–Crippen MR) is 96.3 cm³/mol. The minimum atomic E-state index is -0.841. The monoisotopic (exact) mass is 361 g/mol. The van der Waals surface area contributed by atoms with Gasteiger partial charge in [0.15, 0.2) is 11.5 Å². The van der Waals surface area contributed by atoms with Gasteiger partial charge in [0.2, 0.25) is 5.91 Å². The number of ether oxygens (including phenoxy) is 2. The van der Waals surface area contributed by atoms with Crippen molar-refractivity contribution < 1.29 is 24.2 Å². The van der Waals surface area contributed by atoms with E-state index in [1.54, 1.807) is 7.11 Å². The summed E-state index contributed by atoms with van der Waals surface area (Å²) in [6.45, 7) is 0. The van der Waals surface area contributed by atoms with Crippen LogP contribution in [0.1, 0.15) is 56.9 Å². The molecular weight excluding hydrogens is 334 g/mol. The second kappa shape index (κ2) is 7.56. The molecule has 3 N–H and O–H groups in total. The van der Waals surface area contributed by atoms with Crippen LogP contribution < -0.4 is 15.2 Å². The van der Waals surface area contributed by atoms with Crippen LogP contribution >= 0.6 is 0 Å². The standard InChI is InChI=1S/C20H27NO5/c1-25-16-7-6-14(12-17(16)26-15-4-2-3-5-15)20(19(21)24)10-8-13(9-11-20)18(22)23/h6-7,12-13,15H,2-5,8-11H2,1H3,(H2,21,24)(H,22,23)/t13-,20-. The first-order valence-corrected chi connectivity index (χ1v) is 9.34. The summed E-state index contributed by atoms with van der Waals surface area (Å²) in [5.74, 6) is -0.339. The zero-order chi connectivity index (χ0) is 18.7. The van der Waals surface area contributed by atoms with Gasteiger partial charge in [-0.2, -0.15) is 0 Å². The quantitative estimate of drug-likeness (QED) is 0.811. The third-order valence-corrected chi connectivity index (χ3v) is 5.97. The SMILES string of the molecule is COc1ccc([C@]2(C(N)=O)CC[C@H](C(=O)O)CC2)cc1OC1CCCC1. The number of benzene rings is 1. The highest BCUT2D eigenvalue weighted by Gasteiger charge is 2.43. The summed E-state index contributed by atoms with van der Waals surface area (Å²) in [6, 6.07) is 5.53. The van der Waals surface area contributed by atoms with Gasteiger partial charge in [-0.25, -0.2) is 0 Å². The van der Waals surface area contributed by atoms with E-state index in [-0.39, 0.29) is 6.10 Å². The molecule has 0 heterocycles. The molecule has 2 saturated carbocycles. The number of carbonyl (C=O) groups is 2. The van der Waals surface area contributed by atoms with Gasteiger partial charge in [-0.15, -0.1) is 0 Å². The van der Waals surface area contributed by atoms with Crippen molar-refractivity contribution in [1.29, 1.82) is 0 Å². The highest BCUT2D eigenvalue weighted by Crippen LogP contribution is 2.44. The molecular formula is C20H27NO5. The second-order valence-corrected chi connectivity index (χ2v) is 7.45. The fourth-order valence-corrected chi connectivity index (χ4v) is 4.29. The number of nitrogens with two attached hydrogens (primary N) is 1. The average Bonchev–Trinajstić information content (AvgIpc) is 3.14. The maximum absolute atomic E-state index is 12.4. The highest BCUT2D eigenvalue weighted by atomic mass is 16.5. The van der Waals surface area contributed by atoms with Crippen molar-refractivity contribution in [2.24, 2.45) is 11.7 Å². The molecule has 26 heavy (non-hydrogen) atoms. The number of rotatable bonds is 6. The Kier molecular flexibility index (Phi) is 5.39. The molecule has 1 aromatic carbocycles. The lowest BCUT2D eigenvalue weighted by Crippen LogP contribution is -2.45. The van der Waals surface area contributed by atoms with Crippen LogP contribution in [0.25, 0.3) is 0 Å². The molecule has 2 fully saturated rings. The molecule has 1 aromatic rings. The van der Waals surface area contributed by atoms with Crippen LogP contribution in [-0.4, -0.2) is 30.2 Å². The molecule has 6 heteroatoms. The van der Waals surface area contributed by atoms with Crippen molar-refractivity contribution in [1.82, 2.24) is 0 Å². The highest BCUT2D eigenvalue weighted by molar-refractivity contribution is 5.87. The third kappa shape index (κ3) is 3.50. The number of hydrogen-bond acceptors (Lipinski definition) is 4. The van der Waals surface area contributed by atoms with Crippen LogP contribution in [-0.2, 0) is 15.0 Å². The zero-order valence-corrected chi connectivity index (χ0v) is 15.2. The molecule has 0 radical (unpaired) electrons. The maximum Gasteiger partial charge on any atom is 0.306 e. The summed E-state index contributed by atoms with van der Waals surface area (Å²) in [7, 11) is 1.60. The van der Waals surface area contributed by atoms with Gasteiger partial charge in [0.05, 0.1) is 24.5 Å². The van der Waals surface area contributed by atoms with Crippen molar-refractivity contribution in [2.75, 3.05) is 7.11 Å². The van der Waals surface area contributed by atoms with Crippen molar-refractivity contribution >= 4 is 11.9 Å². The van der Waals surface area contributed by atoms with E-state index in [0.29, 0.717) is 37.2 Å². The molecule has 142 valence electrons. The summed E-state index contributed by atoms with van der Waals surface area (Å²) >= 11 is 0. The van der Waals surface area contributed by atoms with E-state index in [4.69, 9.17) is 15.2 Å². The van der Waals surface area contributed by atoms with Crippen LogP contribution in [0.5, 0.6) is 11.5 Å². The molecule has 0 saturated heterocycles. The van der Waals surface area contributed by atoms with Crippen molar-refractivity contribution in [3.05, 3.63) is 23.8 Å². The Hall–Kier alpha value is -2.24. The smallest absolute Gasteiger partial charge is 0.306 e. The van der Waals surface area contributed by atoms with E-state index in [9.17, 15) is 14.7 Å². The van der Waals surface area contributed by atoms with Crippen LogP contribution in [0.15, 0.2) is 18.2 Å². The van der Waals surface area contributed by atoms with Gasteiger partial charge in [0.25, 0.3) is 0 Å². The topological polar surface area (TPSA) is 98.9 Å². The molecule has 0 aliphatic heterocycles. The predicted octanol–water partition coefficient (Wildman–Crippen LogP) is 3.01. The molecule has 0 bridgehead atoms. The number of carboxylic acids is 1. The molecule has 0 aromatic heterocycles. The van der Waals surface area contributed by atoms with Crippen LogP contribution in [0, 0.1) is 5.92 Å². The fraction of sp³-hybridized carbons (Fsp3) is 0.600. The number of aliphatic carboxylic acids is 1. The number of carboxylic acid groups (broad SMARTS) is 1. The van der Waals surface area contributed by atoms with Crippen molar-refractivity contribution in [3.8, 4) is 11.5 Å². The van der Waals surface area contributed by atoms with Gasteiger partial charge in [-0.05, 0) is 69.1 Å². The lowest BCUT2D eigenvalue weighted by molar-refractivity contribution is -0.144. The van der Waals surface area contributed by atoms with Gasteiger partial charge in [0.1, 0.15) is 0 Å². The van der Waals surface area contributed by atoms with Crippen LogP contribution in [0.4, 0.5) is 0 Å². The normalized spacial score (nSPS) is 26.4. The second-order valence-electron chi connectivity index (χ2n) is 7.45. The Morgan fingerprint density at radius 1 is 1.12 bits per heavy atom. The Labute approximate surface area is 153 Å². The minimum Gasteiger partial charge on any atom is -0.493 e. The maximum atomic E-state index is 12.4. The van der Waals surface area contributed by atoms with Crippen molar-refractivity contribution in [2.45, 2.75) is 62.9 Å². The molecule has 0 unspecified atom stereocenters. The summed E-state index contributed by atoms with van der Waals surface area (Å²) < 4.78 is 11.6. The lowest BCUT2D eigenvalue weighted by Gasteiger charge is -2.37. The Morgan fingerprint density at radius 3 is 2.31 bits per heavy atom. The zero-order valence-electron chi connectivity index (χ0n) is 15.2. The first-order chi connectivity index (χ1) is 12.5.